The summed E-state index contributed by atoms with van der Waals surface area (Å²) >= 11 is 7.07. The maximum Gasteiger partial charge on any atom is 0.359 e. The molecular weight excluding hydrogens is 543 g/mol. The van der Waals surface area contributed by atoms with Crippen molar-refractivity contribution in [2.75, 3.05) is 17.7 Å². The minimum Gasteiger partial charge on any atom is -0.365 e. The zero-order chi connectivity index (χ0) is 27.1. The highest BCUT2D eigenvalue weighted by molar-refractivity contribution is 7.22. The molecule has 0 saturated carbocycles. The van der Waals surface area contributed by atoms with Gasteiger partial charge < -0.3 is 10.6 Å². The van der Waals surface area contributed by atoms with Crippen LogP contribution in [0.25, 0.3) is 15.9 Å². The monoisotopic (exact) mass is 559 g/mol. The Morgan fingerprint density at radius 1 is 1.03 bits per heavy atom. The van der Waals surface area contributed by atoms with Crippen LogP contribution >= 0.6 is 22.9 Å². The summed E-state index contributed by atoms with van der Waals surface area (Å²) in [7, 11) is 1.68. The number of benzene rings is 2. The van der Waals surface area contributed by atoms with E-state index < -0.39 is 33.9 Å². The molecule has 0 aliphatic rings. The molecule has 0 unspecified atom stereocenters. The van der Waals surface area contributed by atoms with Gasteiger partial charge in [0, 0.05) is 19.3 Å². The van der Waals surface area contributed by atoms with Crippen LogP contribution in [-0.2, 0) is 6.54 Å². The van der Waals surface area contributed by atoms with E-state index in [0.29, 0.717) is 20.9 Å². The topological polar surface area (TPSA) is 107 Å². The SMILES string of the molecule is CNc1nc2cc(F)c(Nc3nc(=O)n(-c4cncc(C)c4)c(=O)n3Cc3cc(F)c(F)c(Cl)c3)cc2s1. The molecule has 0 fully saturated rings. The standard InChI is InChI=1S/C24H17ClF3N7O2S/c1-11-3-13(9-30-8-11)35-23(36)33-21(31-17-7-19-18(6-15(17)26)32-22(29-2)38-19)34(24(35)37)10-12-4-14(25)20(28)16(27)5-12/h3-9H,10H2,1-2H3,(H,29,32)(H,31,33,36). The van der Waals surface area contributed by atoms with E-state index in [1.54, 1.807) is 20.0 Å². The van der Waals surface area contributed by atoms with Gasteiger partial charge in [-0.1, -0.05) is 22.9 Å². The summed E-state index contributed by atoms with van der Waals surface area (Å²) in [6, 6.07) is 6.23. The van der Waals surface area contributed by atoms with Gasteiger partial charge in [-0.15, -0.1) is 0 Å². The first kappa shape index (κ1) is 25.4. The van der Waals surface area contributed by atoms with E-state index in [2.05, 4.69) is 25.6 Å². The zero-order valence-corrected chi connectivity index (χ0v) is 21.3. The highest BCUT2D eigenvalue weighted by atomic mass is 35.5. The van der Waals surface area contributed by atoms with Crippen LogP contribution < -0.4 is 22.0 Å². The number of thiazole rings is 1. The molecule has 0 atom stereocenters. The van der Waals surface area contributed by atoms with Crippen molar-refractivity contribution < 1.29 is 13.2 Å². The van der Waals surface area contributed by atoms with Crippen molar-refractivity contribution >= 4 is 49.9 Å². The van der Waals surface area contributed by atoms with Crippen LogP contribution in [0.5, 0.6) is 0 Å². The molecule has 5 aromatic rings. The second-order valence-corrected chi connectivity index (χ2v) is 9.65. The van der Waals surface area contributed by atoms with Crippen molar-refractivity contribution in [3.8, 4) is 5.69 Å². The van der Waals surface area contributed by atoms with Crippen LogP contribution in [0.4, 0.5) is 29.9 Å². The highest BCUT2D eigenvalue weighted by Crippen LogP contribution is 2.31. The Labute approximate surface area is 221 Å². The summed E-state index contributed by atoms with van der Waals surface area (Å²) in [5.41, 5.74) is -0.582. The van der Waals surface area contributed by atoms with Gasteiger partial charge in [0.1, 0.15) is 5.82 Å². The van der Waals surface area contributed by atoms with Crippen LogP contribution in [0, 0.1) is 24.4 Å². The van der Waals surface area contributed by atoms with Crippen LogP contribution in [0.1, 0.15) is 11.1 Å². The van der Waals surface area contributed by atoms with Gasteiger partial charge in [0.15, 0.2) is 16.8 Å². The van der Waals surface area contributed by atoms with E-state index in [1.807, 2.05) is 0 Å². The van der Waals surface area contributed by atoms with Crippen molar-refractivity contribution in [3.05, 3.63) is 97.3 Å². The first-order valence-corrected chi connectivity index (χ1v) is 12.2. The van der Waals surface area contributed by atoms with Gasteiger partial charge in [0.05, 0.1) is 39.4 Å². The number of halogens is 4. The third-order valence-electron chi connectivity index (χ3n) is 5.51. The molecule has 0 spiro atoms. The number of aromatic nitrogens is 5. The van der Waals surface area contributed by atoms with E-state index >= 15 is 0 Å². The van der Waals surface area contributed by atoms with Crippen molar-refractivity contribution in [1.29, 1.82) is 0 Å². The quantitative estimate of drug-likeness (QED) is 0.293. The lowest BCUT2D eigenvalue weighted by Crippen LogP contribution is -2.41. The second-order valence-electron chi connectivity index (χ2n) is 8.21. The summed E-state index contributed by atoms with van der Waals surface area (Å²) in [6.07, 6.45) is 2.84. The molecule has 0 aliphatic carbocycles. The Morgan fingerprint density at radius 2 is 1.82 bits per heavy atom. The Morgan fingerprint density at radius 3 is 2.53 bits per heavy atom. The molecule has 3 heterocycles. The van der Waals surface area contributed by atoms with Gasteiger partial charge in [-0.05, 0) is 42.3 Å². The summed E-state index contributed by atoms with van der Waals surface area (Å²) in [4.78, 5) is 38.8. The molecule has 38 heavy (non-hydrogen) atoms. The molecule has 194 valence electrons. The summed E-state index contributed by atoms with van der Waals surface area (Å²) in [5.74, 6) is -3.50. The number of nitrogens with zero attached hydrogens (tertiary/aromatic N) is 5. The molecule has 2 N–H and O–H groups in total. The van der Waals surface area contributed by atoms with Crippen LogP contribution in [0.15, 0.2) is 52.3 Å². The molecule has 0 aliphatic heterocycles. The first-order chi connectivity index (χ1) is 18.1. The smallest absolute Gasteiger partial charge is 0.359 e. The van der Waals surface area contributed by atoms with Gasteiger partial charge in [0.2, 0.25) is 5.95 Å². The molecule has 3 aromatic heterocycles. The molecule has 5 rings (SSSR count). The Bertz CT molecular complexity index is 1810. The second kappa shape index (κ2) is 9.91. The van der Waals surface area contributed by atoms with Gasteiger partial charge in [-0.2, -0.15) is 4.98 Å². The number of hydrogen-bond acceptors (Lipinski definition) is 8. The number of hydrogen-bond donors (Lipinski definition) is 2. The predicted octanol–water partition coefficient (Wildman–Crippen LogP) is 4.61. The molecule has 9 nitrogen and oxygen atoms in total. The molecule has 0 saturated heterocycles. The van der Waals surface area contributed by atoms with E-state index in [0.717, 1.165) is 21.3 Å². The largest absolute Gasteiger partial charge is 0.365 e. The molecular formula is C24H17ClF3N7O2S. The third-order valence-corrected chi connectivity index (χ3v) is 6.82. The highest BCUT2D eigenvalue weighted by Gasteiger charge is 2.19. The lowest BCUT2D eigenvalue weighted by atomic mass is 10.2. The fourth-order valence-corrected chi connectivity index (χ4v) is 4.84. The maximum atomic E-state index is 15.0. The lowest BCUT2D eigenvalue weighted by Gasteiger charge is -2.16. The number of aryl methyl sites for hydroxylation is 1. The number of rotatable bonds is 6. The summed E-state index contributed by atoms with van der Waals surface area (Å²) < 4.78 is 45.2. The number of fused-ring (bicyclic) bond motifs is 1. The maximum absolute atomic E-state index is 15.0. The van der Waals surface area contributed by atoms with Crippen LogP contribution in [-0.4, -0.2) is 31.1 Å². The minimum atomic E-state index is -1.24. The van der Waals surface area contributed by atoms with Gasteiger partial charge in [-0.3, -0.25) is 9.55 Å². The molecule has 14 heteroatoms. The molecule has 0 amide bonds. The van der Waals surface area contributed by atoms with Crippen molar-refractivity contribution in [3.63, 3.8) is 0 Å². The fraction of sp³-hybridized carbons (Fsp3) is 0.125. The Hall–Kier alpha value is -4.23. The van der Waals surface area contributed by atoms with Gasteiger partial charge in [0.25, 0.3) is 0 Å². The number of nitrogens with one attached hydrogen (secondary N) is 2. The van der Waals surface area contributed by atoms with Crippen LogP contribution in [0.2, 0.25) is 5.02 Å². The molecule has 0 radical (unpaired) electrons. The van der Waals surface area contributed by atoms with Crippen molar-refractivity contribution in [1.82, 2.24) is 24.1 Å². The average molecular weight is 560 g/mol. The summed E-state index contributed by atoms with van der Waals surface area (Å²) in [5, 5.41) is 5.66. The molecule has 0 bridgehead atoms. The normalized spacial score (nSPS) is 11.2. The van der Waals surface area contributed by atoms with E-state index in [-0.39, 0.29) is 29.4 Å². The fourth-order valence-electron chi connectivity index (χ4n) is 3.77. The third kappa shape index (κ3) is 4.73. The number of anilines is 3. The predicted molar refractivity (Wildman–Crippen MR) is 140 cm³/mol. The van der Waals surface area contributed by atoms with E-state index in [4.69, 9.17) is 11.6 Å². The Kier molecular flexibility index (Phi) is 6.63. The van der Waals surface area contributed by atoms with E-state index in [1.165, 1.54) is 35.9 Å². The van der Waals surface area contributed by atoms with E-state index in [9.17, 15) is 22.8 Å². The van der Waals surface area contributed by atoms with Gasteiger partial charge in [-0.25, -0.2) is 32.3 Å². The van der Waals surface area contributed by atoms with Gasteiger partial charge >= 0.3 is 11.4 Å². The zero-order valence-electron chi connectivity index (χ0n) is 19.7. The first-order valence-electron chi connectivity index (χ1n) is 11.0. The molecule has 2 aromatic carbocycles. The lowest BCUT2D eigenvalue weighted by molar-refractivity contribution is 0.506. The van der Waals surface area contributed by atoms with Crippen molar-refractivity contribution in [2.24, 2.45) is 0 Å². The Balaban J connectivity index is 1.68. The average Bonchev–Trinajstić information content (AvgIpc) is 3.27. The summed E-state index contributed by atoms with van der Waals surface area (Å²) in [6.45, 7) is 1.35. The van der Waals surface area contributed by atoms with Crippen LogP contribution in [0.3, 0.4) is 0 Å². The minimum absolute atomic E-state index is 0.0813. The number of pyridine rings is 1. The van der Waals surface area contributed by atoms with Crippen molar-refractivity contribution in [2.45, 2.75) is 13.5 Å².